The molecule has 28 heavy (non-hydrogen) atoms. The summed E-state index contributed by atoms with van der Waals surface area (Å²) in [6.07, 6.45) is 5.28. The number of hydrogen-bond donors (Lipinski definition) is 2. The van der Waals surface area contributed by atoms with Gasteiger partial charge in [0.25, 0.3) is 0 Å². The molecule has 0 bridgehead atoms. The molecule has 3 N–H and O–H groups in total. The number of anilines is 2. The number of ether oxygens (including phenoxy) is 2. The van der Waals surface area contributed by atoms with E-state index in [9.17, 15) is 0 Å². The van der Waals surface area contributed by atoms with Crippen LogP contribution in [-0.4, -0.2) is 18.3 Å². The molecule has 0 saturated carbocycles. The molecule has 0 spiro atoms. The van der Waals surface area contributed by atoms with Crippen LogP contribution >= 0.6 is 11.3 Å². The highest BCUT2D eigenvalue weighted by molar-refractivity contribution is 7.14. The van der Waals surface area contributed by atoms with Gasteiger partial charge in [0.2, 0.25) is 5.13 Å². The molecule has 0 fully saturated rings. The van der Waals surface area contributed by atoms with E-state index < -0.39 is 0 Å². The first-order valence-corrected chi connectivity index (χ1v) is 10.0. The second-order valence-corrected chi connectivity index (χ2v) is 7.45. The average molecular weight is 395 g/mol. The minimum absolute atomic E-state index is 0.431. The van der Waals surface area contributed by atoms with Gasteiger partial charge < -0.3 is 15.2 Å². The lowest BCUT2D eigenvalue weighted by Gasteiger charge is -2.12. The van der Waals surface area contributed by atoms with Gasteiger partial charge in [0, 0.05) is 10.9 Å². The van der Waals surface area contributed by atoms with Crippen LogP contribution in [0.4, 0.5) is 10.9 Å². The van der Waals surface area contributed by atoms with Crippen LogP contribution in [0.1, 0.15) is 28.7 Å². The second kappa shape index (κ2) is 8.31. The third-order valence-electron chi connectivity index (χ3n) is 4.66. The van der Waals surface area contributed by atoms with Gasteiger partial charge in [-0.25, -0.2) is 4.98 Å². The Hall–Kier alpha value is -3.06. The van der Waals surface area contributed by atoms with Crippen molar-refractivity contribution in [2.24, 2.45) is 5.10 Å². The Kier molecular flexibility index (Phi) is 5.43. The molecule has 1 aliphatic carbocycles. The van der Waals surface area contributed by atoms with Gasteiger partial charge in [-0.15, -0.1) is 11.3 Å². The van der Waals surface area contributed by atoms with Crippen LogP contribution in [-0.2, 0) is 19.4 Å². The highest BCUT2D eigenvalue weighted by Crippen LogP contribution is 2.27. The Morgan fingerprint density at radius 1 is 1.21 bits per heavy atom. The van der Waals surface area contributed by atoms with Crippen molar-refractivity contribution in [2.75, 3.05) is 18.3 Å². The average Bonchev–Trinajstić information content (AvgIpc) is 3.34. The number of nitrogens with two attached hydrogens (primary N) is 1. The molecule has 1 aromatic heterocycles. The minimum Gasteiger partial charge on any atom is -0.496 e. The molecule has 7 heteroatoms. The second-order valence-electron chi connectivity index (χ2n) is 6.59. The summed E-state index contributed by atoms with van der Waals surface area (Å²) in [6.45, 7) is 0.431. The Morgan fingerprint density at radius 2 is 2.11 bits per heavy atom. The first-order chi connectivity index (χ1) is 13.7. The maximum Gasteiger partial charge on any atom is 0.205 e. The van der Waals surface area contributed by atoms with E-state index in [4.69, 9.17) is 15.2 Å². The molecule has 0 unspecified atom stereocenters. The summed E-state index contributed by atoms with van der Waals surface area (Å²) in [5.41, 5.74) is 13.2. The van der Waals surface area contributed by atoms with E-state index in [0.29, 0.717) is 17.6 Å². The van der Waals surface area contributed by atoms with Gasteiger partial charge in [-0.2, -0.15) is 5.10 Å². The molecule has 0 aliphatic heterocycles. The summed E-state index contributed by atoms with van der Waals surface area (Å²) >= 11 is 1.41. The third-order valence-corrected chi connectivity index (χ3v) is 5.43. The summed E-state index contributed by atoms with van der Waals surface area (Å²) in [5, 5.41) is 6.63. The molecule has 0 saturated heterocycles. The first kappa shape index (κ1) is 18.3. The number of aryl methyl sites for hydroxylation is 2. The lowest BCUT2D eigenvalue weighted by Crippen LogP contribution is -2.01. The number of nitrogen functional groups attached to an aromatic ring is 1. The van der Waals surface area contributed by atoms with Gasteiger partial charge in [0.1, 0.15) is 23.9 Å². The maximum absolute atomic E-state index is 6.03. The van der Waals surface area contributed by atoms with Gasteiger partial charge in [-0.3, -0.25) is 5.43 Å². The number of methoxy groups -OCH3 is 1. The van der Waals surface area contributed by atoms with E-state index in [1.54, 1.807) is 18.7 Å². The number of nitrogens with one attached hydrogen (secondary N) is 1. The maximum atomic E-state index is 6.03. The summed E-state index contributed by atoms with van der Waals surface area (Å²) < 4.78 is 11.5. The highest BCUT2D eigenvalue weighted by Gasteiger charge is 2.12. The van der Waals surface area contributed by atoms with Crippen molar-refractivity contribution in [3.63, 3.8) is 0 Å². The number of hydrazone groups is 1. The topological polar surface area (TPSA) is 81.8 Å². The van der Waals surface area contributed by atoms with Crippen molar-refractivity contribution < 1.29 is 9.47 Å². The number of rotatable bonds is 7. The molecule has 1 aliphatic rings. The first-order valence-electron chi connectivity index (χ1n) is 9.13. The van der Waals surface area contributed by atoms with Crippen molar-refractivity contribution in [2.45, 2.75) is 25.9 Å². The summed E-state index contributed by atoms with van der Waals surface area (Å²) in [6, 6.07) is 12.3. The van der Waals surface area contributed by atoms with Crippen LogP contribution in [0, 0.1) is 0 Å². The largest absolute Gasteiger partial charge is 0.496 e. The summed E-state index contributed by atoms with van der Waals surface area (Å²) in [5.74, 6) is 2.17. The SMILES string of the molecule is COc1ccc(C=NNc2nc(N)cs2)cc1COc1ccc2c(c1)CCC2. The molecule has 0 atom stereocenters. The standard InChI is InChI=1S/C21H22N4O2S/c1-26-19-8-5-14(11-23-25-21-24-20(22)13-28-21)9-17(19)12-27-18-7-6-15-3-2-4-16(15)10-18/h5-11,13H,2-4,12,22H2,1H3,(H,24,25). The van der Waals surface area contributed by atoms with Crippen LogP contribution in [0.2, 0.25) is 0 Å². The fourth-order valence-electron chi connectivity index (χ4n) is 3.29. The van der Waals surface area contributed by atoms with E-state index in [1.165, 1.54) is 35.3 Å². The third kappa shape index (κ3) is 4.26. The predicted octanol–water partition coefficient (Wildman–Crippen LogP) is 4.25. The molecule has 3 aromatic rings. The predicted molar refractivity (Wildman–Crippen MR) is 114 cm³/mol. The van der Waals surface area contributed by atoms with Crippen LogP contribution < -0.4 is 20.6 Å². The van der Waals surface area contributed by atoms with Gasteiger partial charge in [0.05, 0.1) is 13.3 Å². The van der Waals surface area contributed by atoms with Crippen molar-refractivity contribution in [1.82, 2.24) is 4.98 Å². The van der Waals surface area contributed by atoms with E-state index in [1.807, 2.05) is 24.3 Å². The van der Waals surface area contributed by atoms with E-state index >= 15 is 0 Å². The smallest absolute Gasteiger partial charge is 0.205 e. The number of fused-ring (bicyclic) bond motifs is 1. The lowest BCUT2D eigenvalue weighted by atomic mass is 10.1. The Morgan fingerprint density at radius 3 is 2.93 bits per heavy atom. The summed E-state index contributed by atoms with van der Waals surface area (Å²) in [7, 11) is 1.66. The zero-order chi connectivity index (χ0) is 19.3. The molecule has 0 amide bonds. The molecular formula is C21H22N4O2S. The molecule has 4 rings (SSSR count). The van der Waals surface area contributed by atoms with Crippen LogP contribution in [0.5, 0.6) is 11.5 Å². The molecule has 6 nitrogen and oxygen atoms in total. The molecule has 2 aromatic carbocycles. The molecule has 144 valence electrons. The zero-order valence-electron chi connectivity index (χ0n) is 15.6. The number of aromatic nitrogens is 1. The van der Waals surface area contributed by atoms with Gasteiger partial charge in [0.15, 0.2) is 0 Å². The number of thiazole rings is 1. The van der Waals surface area contributed by atoms with Crippen LogP contribution in [0.3, 0.4) is 0 Å². The van der Waals surface area contributed by atoms with Gasteiger partial charge in [-0.1, -0.05) is 6.07 Å². The monoisotopic (exact) mass is 394 g/mol. The van der Waals surface area contributed by atoms with Gasteiger partial charge in [-0.05, 0) is 66.3 Å². The van der Waals surface area contributed by atoms with Crippen molar-refractivity contribution in [1.29, 1.82) is 0 Å². The fourth-order valence-corrected chi connectivity index (χ4v) is 3.84. The van der Waals surface area contributed by atoms with Crippen molar-refractivity contribution in [3.05, 3.63) is 64.0 Å². The molecule has 0 radical (unpaired) electrons. The van der Waals surface area contributed by atoms with Crippen LogP contribution in [0.25, 0.3) is 0 Å². The van der Waals surface area contributed by atoms with Crippen molar-refractivity contribution in [3.8, 4) is 11.5 Å². The van der Waals surface area contributed by atoms with Crippen LogP contribution in [0.15, 0.2) is 46.9 Å². The fraction of sp³-hybridized carbons (Fsp3) is 0.238. The van der Waals surface area contributed by atoms with E-state index in [2.05, 4.69) is 27.6 Å². The van der Waals surface area contributed by atoms with Crippen molar-refractivity contribution >= 4 is 28.5 Å². The zero-order valence-corrected chi connectivity index (χ0v) is 16.5. The molecular weight excluding hydrogens is 372 g/mol. The summed E-state index contributed by atoms with van der Waals surface area (Å²) in [4.78, 5) is 4.11. The highest BCUT2D eigenvalue weighted by atomic mass is 32.1. The van der Waals surface area contributed by atoms with Gasteiger partial charge >= 0.3 is 0 Å². The number of benzene rings is 2. The number of nitrogens with zero attached hydrogens (tertiary/aromatic N) is 2. The van der Waals surface area contributed by atoms with E-state index in [-0.39, 0.29) is 0 Å². The minimum atomic E-state index is 0.431. The Labute approximate surface area is 168 Å². The lowest BCUT2D eigenvalue weighted by molar-refractivity contribution is 0.296. The Bertz CT molecular complexity index is 1000. The Balaban J connectivity index is 1.44. The quantitative estimate of drug-likeness (QED) is 0.462. The molecule has 1 heterocycles. The number of hydrogen-bond acceptors (Lipinski definition) is 7. The van der Waals surface area contributed by atoms with E-state index in [0.717, 1.165) is 29.0 Å². The normalized spacial score (nSPS) is 12.9.